The van der Waals surface area contributed by atoms with Gasteiger partial charge >= 0.3 is 0 Å². The maximum absolute atomic E-state index is 9.75. The van der Waals surface area contributed by atoms with Gasteiger partial charge in [0, 0.05) is 0 Å². The maximum atomic E-state index is 9.75. The van der Waals surface area contributed by atoms with E-state index in [2.05, 4.69) is 9.78 Å². The number of rotatable bonds is 3. The van der Waals surface area contributed by atoms with Gasteiger partial charge in [-0.15, -0.1) is 0 Å². The van der Waals surface area contributed by atoms with Gasteiger partial charge in [-0.25, -0.2) is 9.78 Å². The largest absolute Gasteiger partial charge is 0.387 e. The molecule has 24 heavy (non-hydrogen) atoms. The van der Waals surface area contributed by atoms with Crippen molar-refractivity contribution >= 4 is 0 Å². The van der Waals surface area contributed by atoms with Crippen molar-refractivity contribution in [1.82, 2.24) is 0 Å². The third kappa shape index (κ3) is 3.29. The highest BCUT2D eigenvalue weighted by Gasteiger charge is 2.53. The summed E-state index contributed by atoms with van der Waals surface area (Å²) in [5.74, 6) is 0. The Morgan fingerprint density at radius 1 is 0.292 bits per heavy atom. The molecular formula is C12H22O12. The Kier molecular flexibility index (Phi) is 6.12. The second kappa shape index (κ2) is 7.41. The van der Waals surface area contributed by atoms with Crippen molar-refractivity contribution in [3.63, 3.8) is 0 Å². The van der Waals surface area contributed by atoms with Crippen LogP contribution in [0.2, 0.25) is 0 Å². The van der Waals surface area contributed by atoms with Crippen LogP contribution in [0.1, 0.15) is 0 Å². The first kappa shape index (κ1) is 19.8. The van der Waals surface area contributed by atoms with E-state index in [0.29, 0.717) is 0 Å². The molecule has 0 spiro atoms. The van der Waals surface area contributed by atoms with E-state index in [1.54, 1.807) is 0 Å². The molecule has 0 heterocycles. The lowest BCUT2D eigenvalue weighted by Crippen LogP contribution is -2.66. The molecule has 2 aliphatic rings. The van der Waals surface area contributed by atoms with E-state index in [-0.39, 0.29) is 0 Å². The molecule has 2 fully saturated rings. The zero-order chi connectivity index (χ0) is 18.3. The molecule has 0 radical (unpaired) electrons. The van der Waals surface area contributed by atoms with Crippen LogP contribution in [0.15, 0.2) is 0 Å². The van der Waals surface area contributed by atoms with E-state index in [0.717, 1.165) is 0 Å². The van der Waals surface area contributed by atoms with Crippen LogP contribution in [0.25, 0.3) is 0 Å². The molecule has 2 aliphatic carbocycles. The molecule has 12 nitrogen and oxygen atoms in total. The van der Waals surface area contributed by atoms with Crippen molar-refractivity contribution in [2.24, 2.45) is 0 Å². The fourth-order valence-electron chi connectivity index (χ4n) is 2.75. The molecule has 0 aliphatic heterocycles. The second-order valence-corrected chi connectivity index (χ2v) is 6.03. The van der Waals surface area contributed by atoms with E-state index in [1.165, 1.54) is 0 Å². The number of hydrogen-bond acceptors (Lipinski definition) is 12. The van der Waals surface area contributed by atoms with Crippen molar-refractivity contribution in [1.29, 1.82) is 0 Å². The Morgan fingerprint density at radius 3 is 0.667 bits per heavy atom. The van der Waals surface area contributed by atoms with Crippen LogP contribution in [0, 0.1) is 0 Å². The summed E-state index contributed by atoms with van der Waals surface area (Å²) in [6, 6.07) is 0. The van der Waals surface area contributed by atoms with Crippen LogP contribution in [-0.4, -0.2) is 124 Å². The highest BCUT2D eigenvalue weighted by molar-refractivity contribution is 5.00. The molecule has 0 amide bonds. The predicted octanol–water partition coefficient (Wildman–Crippen LogP) is -6.69. The van der Waals surface area contributed by atoms with Gasteiger partial charge in [-0.3, -0.25) is 0 Å². The van der Waals surface area contributed by atoms with E-state index in [4.69, 9.17) is 0 Å². The number of hydrogen-bond donors (Lipinski definition) is 10. The van der Waals surface area contributed by atoms with Gasteiger partial charge in [0.25, 0.3) is 0 Å². The van der Waals surface area contributed by atoms with E-state index in [1.807, 2.05) is 0 Å². The quantitative estimate of drug-likeness (QED) is 0.168. The predicted molar refractivity (Wildman–Crippen MR) is 69.8 cm³/mol. The zero-order valence-electron chi connectivity index (χ0n) is 12.2. The van der Waals surface area contributed by atoms with Crippen LogP contribution < -0.4 is 0 Å². The second-order valence-electron chi connectivity index (χ2n) is 6.03. The normalized spacial score (nSPS) is 56.2. The van der Waals surface area contributed by atoms with Crippen LogP contribution in [0.4, 0.5) is 0 Å². The summed E-state index contributed by atoms with van der Waals surface area (Å²) < 4.78 is 0. The van der Waals surface area contributed by atoms with Crippen molar-refractivity contribution in [2.75, 3.05) is 0 Å². The lowest BCUT2D eigenvalue weighted by molar-refractivity contribution is -0.422. The van der Waals surface area contributed by atoms with Gasteiger partial charge in [0.05, 0.1) is 0 Å². The minimum Gasteiger partial charge on any atom is -0.387 e. The number of aliphatic hydroxyl groups is 10. The average molecular weight is 358 g/mol. The molecule has 0 aromatic heterocycles. The zero-order valence-corrected chi connectivity index (χ0v) is 12.2. The smallest absolute Gasteiger partial charge is 0.150 e. The summed E-state index contributed by atoms with van der Waals surface area (Å²) in [6.45, 7) is 0. The van der Waals surface area contributed by atoms with Crippen LogP contribution in [0.3, 0.4) is 0 Å². The van der Waals surface area contributed by atoms with Gasteiger partial charge in [0.1, 0.15) is 73.2 Å². The van der Waals surface area contributed by atoms with Crippen molar-refractivity contribution < 1.29 is 60.8 Å². The van der Waals surface area contributed by atoms with Crippen LogP contribution in [-0.2, 0) is 9.78 Å². The molecule has 12 heteroatoms. The van der Waals surface area contributed by atoms with Gasteiger partial charge in [-0.2, -0.15) is 0 Å². The molecule has 0 aromatic carbocycles. The van der Waals surface area contributed by atoms with E-state index < -0.39 is 73.2 Å². The van der Waals surface area contributed by atoms with Crippen molar-refractivity contribution in [3.8, 4) is 0 Å². The SMILES string of the molecule is O[C@@H]1[C@@H](O)[C@H](O)[C@@H](OO[C@H]2[C@H](O)[C@H](O)[C@H](O)[C@@H](O)[C@@H]2O)[C@H](O)[C@H]1O. The summed E-state index contributed by atoms with van der Waals surface area (Å²) >= 11 is 0. The average Bonchev–Trinajstić information content (AvgIpc) is 2.57. The fraction of sp³-hybridized carbons (Fsp3) is 1.00. The molecule has 0 aromatic rings. The molecule has 142 valence electrons. The van der Waals surface area contributed by atoms with E-state index in [9.17, 15) is 51.1 Å². The first-order valence-electron chi connectivity index (χ1n) is 7.22. The third-order valence-corrected chi connectivity index (χ3v) is 4.42. The number of aliphatic hydroxyl groups excluding tert-OH is 10. The maximum Gasteiger partial charge on any atom is 0.150 e. The Bertz CT molecular complexity index is 353. The Hall–Kier alpha value is -0.480. The van der Waals surface area contributed by atoms with Gasteiger partial charge < -0.3 is 51.1 Å². The highest BCUT2D eigenvalue weighted by Crippen LogP contribution is 2.28. The highest BCUT2D eigenvalue weighted by atomic mass is 17.2. The first-order valence-corrected chi connectivity index (χ1v) is 7.22. The monoisotopic (exact) mass is 358 g/mol. The third-order valence-electron chi connectivity index (χ3n) is 4.42. The topological polar surface area (TPSA) is 221 Å². The molecule has 10 N–H and O–H groups in total. The summed E-state index contributed by atoms with van der Waals surface area (Å²) in [6.07, 6.45) is -22.3. The Balaban J connectivity index is 2.06. The lowest BCUT2D eigenvalue weighted by Gasteiger charge is -2.43. The Labute approximate surface area is 135 Å². The van der Waals surface area contributed by atoms with Gasteiger partial charge in [-0.05, 0) is 0 Å². The standard InChI is InChI=1S/C12H22O12/c13-1-3(15)7(19)11(8(20)4(1)16)23-24-12-9(21)5(17)2(14)6(18)10(12)22/h1-22H/t1-,2-,3-,4-,5-,6+,7+,8-,9+,10-,11-,12-/m1/s1. The molecule has 0 bridgehead atoms. The minimum absolute atomic E-state index is 1.78. The van der Waals surface area contributed by atoms with E-state index >= 15 is 0 Å². The van der Waals surface area contributed by atoms with Crippen LogP contribution in [0.5, 0.6) is 0 Å². The summed E-state index contributed by atoms with van der Waals surface area (Å²) in [7, 11) is 0. The minimum atomic E-state index is -1.89. The van der Waals surface area contributed by atoms with Gasteiger partial charge in [-0.1, -0.05) is 0 Å². The lowest BCUT2D eigenvalue weighted by atomic mass is 9.84. The molecule has 2 saturated carbocycles. The molecule has 0 saturated heterocycles. The van der Waals surface area contributed by atoms with Crippen molar-refractivity contribution in [3.05, 3.63) is 0 Å². The molecule has 0 unspecified atom stereocenters. The van der Waals surface area contributed by atoms with Gasteiger partial charge in [0.2, 0.25) is 0 Å². The summed E-state index contributed by atoms with van der Waals surface area (Å²) in [5, 5.41) is 96.0. The molecule has 12 atom stereocenters. The summed E-state index contributed by atoms with van der Waals surface area (Å²) in [4.78, 5) is 9.31. The van der Waals surface area contributed by atoms with Gasteiger partial charge in [0.15, 0.2) is 0 Å². The fourth-order valence-corrected chi connectivity index (χ4v) is 2.75. The molecular weight excluding hydrogens is 336 g/mol. The first-order chi connectivity index (χ1) is 11.1. The molecule has 2 rings (SSSR count). The Morgan fingerprint density at radius 2 is 0.458 bits per heavy atom. The van der Waals surface area contributed by atoms with Crippen molar-refractivity contribution in [2.45, 2.75) is 73.2 Å². The summed E-state index contributed by atoms with van der Waals surface area (Å²) in [5.41, 5.74) is 0. The van der Waals surface area contributed by atoms with Crippen LogP contribution >= 0.6 is 0 Å².